The van der Waals surface area contributed by atoms with Crippen molar-refractivity contribution in [1.82, 2.24) is 9.97 Å². The average Bonchev–Trinajstić information content (AvgIpc) is 2.44. The van der Waals surface area contributed by atoms with Crippen molar-refractivity contribution >= 4 is 12.2 Å². The molecule has 2 N–H and O–H groups in total. The number of ether oxygens (including phenoxy) is 1. The first-order valence-electron chi connectivity index (χ1n) is 6.03. The highest BCUT2D eigenvalue weighted by Gasteiger charge is 2.32. The van der Waals surface area contributed by atoms with Gasteiger partial charge in [0.15, 0.2) is 0 Å². The predicted molar refractivity (Wildman–Crippen MR) is 73.4 cm³/mol. The van der Waals surface area contributed by atoms with Gasteiger partial charge in [-0.3, -0.25) is 0 Å². The van der Waals surface area contributed by atoms with Crippen molar-refractivity contribution in [3.05, 3.63) is 51.7 Å². The summed E-state index contributed by atoms with van der Waals surface area (Å²) in [5.41, 5.74) is -2.12. The van der Waals surface area contributed by atoms with Crippen LogP contribution in [0.2, 0.25) is 0 Å². The Morgan fingerprint density at radius 1 is 1.27 bits per heavy atom. The second-order valence-electron chi connectivity index (χ2n) is 4.28. The van der Waals surface area contributed by atoms with E-state index in [1.165, 1.54) is 31.4 Å². The summed E-state index contributed by atoms with van der Waals surface area (Å²) in [7, 11) is 1.43. The third-order valence-electron chi connectivity index (χ3n) is 2.74. The fourth-order valence-corrected chi connectivity index (χ4v) is 1.68. The number of hydrogen-bond donors (Lipinski definition) is 2. The van der Waals surface area contributed by atoms with Gasteiger partial charge in [0.25, 0.3) is 0 Å². The number of rotatable bonds is 3. The third-order valence-corrected chi connectivity index (χ3v) is 2.74. The molecule has 8 heteroatoms. The zero-order chi connectivity index (χ0) is 16.3. The van der Waals surface area contributed by atoms with Gasteiger partial charge in [-0.15, -0.1) is 0 Å². The number of phenolic OH excluding ortho intramolecular Hbond substituents is 1. The van der Waals surface area contributed by atoms with Crippen LogP contribution in [0.5, 0.6) is 11.5 Å². The lowest BCUT2D eigenvalue weighted by Gasteiger charge is -2.06. The number of H-pyrrole nitrogens is 1. The number of aromatic nitrogens is 2. The summed E-state index contributed by atoms with van der Waals surface area (Å²) in [6.07, 6.45) is -2.13. The molecular weight excluding hydrogens is 301 g/mol. The molecule has 1 aromatic carbocycles. The molecule has 0 unspecified atom stereocenters. The molecule has 0 aliphatic carbocycles. The summed E-state index contributed by atoms with van der Waals surface area (Å²) >= 11 is 0. The Kier molecular flexibility index (Phi) is 4.20. The van der Waals surface area contributed by atoms with Gasteiger partial charge in [0.05, 0.1) is 12.8 Å². The summed E-state index contributed by atoms with van der Waals surface area (Å²) in [5, 5.41) is 9.74. The van der Waals surface area contributed by atoms with Gasteiger partial charge >= 0.3 is 11.9 Å². The van der Waals surface area contributed by atoms with Crippen molar-refractivity contribution in [3.63, 3.8) is 0 Å². The van der Waals surface area contributed by atoms with Crippen molar-refractivity contribution < 1.29 is 23.0 Å². The maximum absolute atomic E-state index is 12.6. The van der Waals surface area contributed by atoms with Crippen molar-refractivity contribution in [2.24, 2.45) is 0 Å². The number of halogens is 3. The van der Waals surface area contributed by atoms with Gasteiger partial charge in [0.1, 0.15) is 17.2 Å². The molecule has 22 heavy (non-hydrogen) atoms. The Balaban J connectivity index is 2.34. The van der Waals surface area contributed by atoms with E-state index >= 15 is 0 Å². The highest BCUT2D eigenvalue weighted by molar-refractivity contribution is 5.71. The maximum Gasteiger partial charge on any atom is 0.431 e. The summed E-state index contributed by atoms with van der Waals surface area (Å²) in [4.78, 5) is 16.2. The first-order valence-corrected chi connectivity index (χ1v) is 6.03. The lowest BCUT2D eigenvalue weighted by atomic mass is 10.1. The standard InChI is InChI=1S/C14H11F3N2O3/c1-22-10-5-3-8(11(20)7-10)2-4-9-6-12(14(15,16)17)19-13(21)18-9/h2-7,20H,1H3,(H,18,19,21)/b4-2+. The van der Waals surface area contributed by atoms with Gasteiger partial charge < -0.3 is 14.8 Å². The third kappa shape index (κ3) is 3.66. The Morgan fingerprint density at radius 3 is 2.59 bits per heavy atom. The topological polar surface area (TPSA) is 75.2 Å². The number of nitrogens with zero attached hydrogens (tertiary/aromatic N) is 1. The molecule has 0 fully saturated rings. The van der Waals surface area contributed by atoms with Gasteiger partial charge in [-0.05, 0) is 30.4 Å². The van der Waals surface area contributed by atoms with Crippen molar-refractivity contribution in [2.75, 3.05) is 7.11 Å². The van der Waals surface area contributed by atoms with Crippen LogP contribution in [0.4, 0.5) is 13.2 Å². The zero-order valence-corrected chi connectivity index (χ0v) is 11.3. The zero-order valence-electron chi connectivity index (χ0n) is 11.3. The minimum absolute atomic E-state index is 0.114. The molecule has 0 radical (unpaired) electrons. The molecule has 0 saturated carbocycles. The van der Waals surface area contributed by atoms with Gasteiger partial charge in [-0.2, -0.15) is 18.2 Å². The normalized spacial score (nSPS) is 11.8. The largest absolute Gasteiger partial charge is 0.507 e. The van der Waals surface area contributed by atoms with Crippen LogP contribution in [-0.2, 0) is 6.18 Å². The molecule has 1 aromatic heterocycles. The van der Waals surface area contributed by atoms with Gasteiger partial charge in [-0.25, -0.2) is 4.79 Å². The highest BCUT2D eigenvalue weighted by Crippen LogP contribution is 2.28. The predicted octanol–water partition coefficient (Wildman–Crippen LogP) is 2.67. The molecule has 0 saturated heterocycles. The van der Waals surface area contributed by atoms with E-state index in [2.05, 4.69) is 4.98 Å². The first kappa shape index (κ1) is 15.6. The van der Waals surface area contributed by atoms with Crippen LogP contribution in [0.1, 0.15) is 17.0 Å². The molecule has 1 heterocycles. The molecule has 0 amide bonds. The fourth-order valence-electron chi connectivity index (χ4n) is 1.68. The minimum atomic E-state index is -4.67. The highest BCUT2D eigenvalue weighted by atomic mass is 19.4. The van der Waals surface area contributed by atoms with Crippen LogP contribution in [0.15, 0.2) is 29.1 Å². The van der Waals surface area contributed by atoms with Crippen LogP contribution < -0.4 is 10.4 Å². The molecule has 0 atom stereocenters. The van der Waals surface area contributed by atoms with Gasteiger partial charge in [0, 0.05) is 11.6 Å². The molecule has 2 aromatic rings. The summed E-state index contributed by atoms with van der Waals surface area (Å²) < 4.78 is 42.7. The van der Waals surface area contributed by atoms with Crippen LogP contribution in [0.3, 0.4) is 0 Å². The number of aromatic hydroxyl groups is 1. The van der Waals surface area contributed by atoms with E-state index in [1.807, 2.05) is 0 Å². The molecule has 0 bridgehead atoms. The Labute approximate surface area is 122 Å². The van der Waals surface area contributed by atoms with E-state index in [1.54, 1.807) is 11.1 Å². The molecule has 116 valence electrons. The van der Waals surface area contributed by atoms with E-state index in [-0.39, 0.29) is 11.4 Å². The van der Waals surface area contributed by atoms with E-state index in [9.17, 15) is 23.1 Å². The molecular formula is C14H11F3N2O3. The molecule has 0 aliphatic rings. The number of phenols is 1. The van der Waals surface area contributed by atoms with Crippen LogP contribution in [0, 0.1) is 0 Å². The number of aromatic amines is 1. The van der Waals surface area contributed by atoms with Crippen molar-refractivity contribution in [1.29, 1.82) is 0 Å². The summed E-state index contributed by atoms with van der Waals surface area (Å²) in [6.45, 7) is 0. The second-order valence-corrected chi connectivity index (χ2v) is 4.28. The smallest absolute Gasteiger partial charge is 0.431 e. The Morgan fingerprint density at radius 2 is 2.00 bits per heavy atom. The number of hydrogen-bond acceptors (Lipinski definition) is 4. The van der Waals surface area contributed by atoms with Crippen molar-refractivity contribution in [3.8, 4) is 11.5 Å². The van der Waals surface area contributed by atoms with E-state index in [4.69, 9.17) is 4.74 Å². The monoisotopic (exact) mass is 312 g/mol. The van der Waals surface area contributed by atoms with Crippen LogP contribution >= 0.6 is 0 Å². The van der Waals surface area contributed by atoms with Crippen molar-refractivity contribution in [2.45, 2.75) is 6.18 Å². The van der Waals surface area contributed by atoms with E-state index < -0.39 is 17.6 Å². The summed E-state index contributed by atoms with van der Waals surface area (Å²) in [5.74, 6) is 0.319. The van der Waals surface area contributed by atoms with E-state index in [0.29, 0.717) is 17.4 Å². The molecule has 5 nitrogen and oxygen atoms in total. The average molecular weight is 312 g/mol. The fraction of sp³-hybridized carbons (Fsp3) is 0.143. The van der Waals surface area contributed by atoms with Crippen LogP contribution in [-0.4, -0.2) is 22.2 Å². The molecule has 0 spiro atoms. The van der Waals surface area contributed by atoms with Crippen LogP contribution in [0.25, 0.3) is 12.2 Å². The number of methoxy groups -OCH3 is 1. The lowest BCUT2D eigenvalue weighted by molar-refractivity contribution is -0.141. The van der Waals surface area contributed by atoms with E-state index in [0.717, 1.165) is 0 Å². The maximum atomic E-state index is 12.6. The first-order chi connectivity index (χ1) is 10.3. The number of benzene rings is 1. The second kappa shape index (κ2) is 5.92. The molecule has 2 rings (SSSR count). The SMILES string of the molecule is COc1ccc(/C=C/c2cc(C(F)(F)F)[nH]c(=O)n2)c(O)c1. The number of alkyl halides is 3. The Bertz CT molecular complexity index is 767. The number of nitrogens with one attached hydrogen (secondary N) is 1. The van der Waals surface area contributed by atoms with Gasteiger partial charge in [0.2, 0.25) is 0 Å². The minimum Gasteiger partial charge on any atom is -0.507 e. The summed E-state index contributed by atoms with van der Waals surface area (Å²) in [6, 6.07) is 5.15. The Hall–Kier alpha value is -2.77. The van der Waals surface area contributed by atoms with Gasteiger partial charge in [-0.1, -0.05) is 0 Å². The molecule has 0 aliphatic heterocycles. The lowest BCUT2D eigenvalue weighted by Crippen LogP contribution is -2.19. The quantitative estimate of drug-likeness (QED) is 0.913.